The summed E-state index contributed by atoms with van der Waals surface area (Å²) in [6, 6.07) is 0. The van der Waals surface area contributed by atoms with E-state index in [-0.39, 0.29) is 18.8 Å². The van der Waals surface area contributed by atoms with Gasteiger partial charge in [-0.15, -0.1) is 0 Å². The summed E-state index contributed by atoms with van der Waals surface area (Å²) in [7, 11) is 0. The Morgan fingerprint density at radius 1 is 0.880 bits per heavy atom. The predicted octanol–water partition coefficient (Wildman–Crippen LogP) is 3.39. The van der Waals surface area contributed by atoms with E-state index in [1.165, 1.54) is 32.1 Å². The van der Waals surface area contributed by atoms with E-state index < -0.39 is 5.97 Å². The van der Waals surface area contributed by atoms with Crippen molar-refractivity contribution in [3.63, 3.8) is 0 Å². The van der Waals surface area contributed by atoms with Crippen molar-refractivity contribution in [1.82, 2.24) is 5.32 Å². The third-order valence-electron chi connectivity index (χ3n) is 3.79. The zero-order valence-electron chi connectivity index (χ0n) is 16.1. The van der Waals surface area contributed by atoms with Crippen molar-refractivity contribution < 1.29 is 24.2 Å². The summed E-state index contributed by atoms with van der Waals surface area (Å²) in [4.78, 5) is 21.7. The summed E-state index contributed by atoms with van der Waals surface area (Å²) in [5, 5.41) is 11.4. The third kappa shape index (κ3) is 20.8. The van der Waals surface area contributed by atoms with Gasteiger partial charge >= 0.3 is 11.9 Å². The first-order chi connectivity index (χ1) is 12.0. The Labute approximate surface area is 152 Å². The summed E-state index contributed by atoms with van der Waals surface area (Å²) in [5.74, 6) is -0.295. The minimum atomic E-state index is -0.846. The number of carbonyl (C=O) groups is 2. The van der Waals surface area contributed by atoms with E-state index >= 15 is 0 Å². The van der Waals surface area contributed by atoms with Gasteiger partial charge in [0, 0.05) is 32.7 Å². The Morgan fingerprint density at radius 3 is 2.24 bits per heavy atom. The van der Waals surface area contributed by atoms with E-state index in [2.05, 4.69) is 19.2 Å². The van der Waals surface area contributed by atoms with Gasteiger partial charge in [0.2, 0.25) is 0 Å². The van der Waals surface area contributed by atoms with Crippen LogP contribution in [0.1, 0.15) is 71.6 Å². The normalized spacial score (nSPS) is 11.0. The Morgan fingerprint density at radius 2 is 1.52 bits per heavy atom. The lowest BCUT2D eigenvalue weighted by molar-refractivity contribution is -0.143. The molecule has 0 radical (unpaired) electrons. The molecule has 0 saturated heterocycles. The van der Waals surface area contributed by atoms with Crippen molar-refractivity contribution in [1.29, 1.82) is 0 Å². The fourth-order valence-corrected chi connectivity index (χ4v) is 2.32. The van der Waals surface area contributed by atoms with Crippen molar-refractivity contribution in [2.75, 3.05) is 32.9 Å². The second kappa shape index (κ2) is 17.7. The maximum absolute atomic E-state index is 11.4. The number of ether oxygens (including phenoxy) is 2. The average Bonchev–Trinajstić information content (AvgIpc) is 2.55. The van der Waals surface area contributed by atoms with Crippen LogP contribution in [0.25, 0.3) is 0 Å². The molecule has 0 aromatic heterocycles. The number of unbranched alkanes of at least 4 members (excludes halogenated alkanes) is 4. The van der Waals surface area contributed by atoms with Gasteiger partial charge in [-0.3, -0.25) is 9.59 Å². The average molecular weight is 360 g/mol. The van der Waals surface area contributed by atoms with Crippen LogP contribution in [0.15, 0.2) is 0 Å². The quantitative estimate of drug-likeness (QED) is 0.288. The SMILES string of the molecule is CC(C)CCCCCCCOCCCOC(=O)CCNCCC(=O)O. The Bertz CT molecular complexity index is 334. The summed E-state index contributed by atoms with van der Waals surface area (Å²) >= 11 is 0. The number of rotatable bonds is 18. The van der Waals surface area contributed by atoms with Crippen LogP contribution in [0.3, 0.4) is 0 Å². The molecule has 0 atom stereocenters. The number of carboxylic acids is 1. The smallest absolute Gasteiger partial charge is 0.307 e. The van der Waals surface area contributed by atoms with Gasteiger partial charge in [-0.05, 0) is 12.3 Å². The molecule has 0 fully saturated rings. The van der Waals surface area contributed by atoms with E-state index in [1.54, 1.807) is 0 Å². The van der Waals surface area contributed by atoms with E-state index in [4.69, 9.17) is 14.6 Å². The van der Waals surface area contributed by atoms with Crippen LogP contribution in [0, 0.1) is 5.92 Å². The van der Waals surface area contributed by atoms with Crippen LogP contribution < -0.4 is 5.32 Å². The first kappa shape index (κ1) is 23.9. The van der Waals surface area contributed by atoms with E-state index in [1.807, 2.05) is 0 Å². The lowest BCUT2D eigenvalue weighted by Crippen LogP contribution is -2.22. The molecule has 0 aliphatic rings. The van der Waals surface area contributed by atoms with Gasteiger partial charge in [0.1, 0.15) is 0 Å². The molecule has 6 heteroatoms. The second-order valence-corrected chi connectivity index (χ2v) is 6.78. The molecule has 6 nitrogen and oxygen atoms in total. The van der Waals surface area contributed by atoms with Crippen molar-refractivity contribution in [3.8, 4) is 0 Å². The molecule has 0 amide bonds. The van der Waals surface area contributed by atoms with Crippen LogP contribution in [0.4, 0.5) is 0 Å². The van der Waals surface area contributed by atoms with Crippen LogP contribution in [0.2, 0.25) is 0 Å². The number of carboxylic acid groups (broad SMARTS) is 1. The monoisotopic (exact) mass is 359 g/mol. The molecule has 0 aliphatic carbocycles. The predicted molar refractivity (Wildman–Crippen MR) is 98.7 cm³/mol. The van der Waals surface area contributed by atoms with Crippen LogP contribution >= 0.6 is 0 Å². The fourth-order valence-electron chi connectivity index (χ4n) is 2.32. The molecule has 0 aliphatic heterocycles. The summed E-state index contributed by atoms with van der Waals surface area (Å²) in [6.07, 6.45) is 8.62. The van der Waals surface area contributed by atoms with Crippen molar-refractivity contribution in [2.45, 2.75) is 71.6 Å². The van der Waals surface area contributed by atoms with Gasteiger partial charge < -0.3 is 19.9 Å². The van der Waals surface area contributed by atoms with Gasteiger partial charge in [0.05, 0.1) is 19.4 Å². The van der Waals surface area contributed by atoms with Gasteiger partial charge in [0.25, 0.3) is 0 Å². The molecular formula is C19H37NO5. The first-order valence-corrected chi connectivity index (χ1v) is 9.68. The molecule has 0 unspecified atom stereocenters. The van der Waals surface area contributed by atoms with Gasteiger partial charge in [0.15, 0.2) is 0 Å². The Hall–Kier alpha value is -1.14. The van der Waals surface area contributed by atoms with E-state index in [0.717, 1.165) is 18.9 Å². The summed E-state index contributed by atoms with van der Waals surface area (Å²) in [5.41, 5.74) is 0. The zero-order valence-corrected chi connectivity index (χ0v) is 16.1. The van der Waals surface area contributed by atoms with Crippen molar-refractivity contribution >= 4 is 11.9 Å². The van der Waals surface area contributed by atoms with Crippen LogP contribution in [0.5, 0.6) is 0 Å². The van der Waals surface area contributed by atoms with E-state index in [9.17, 15) is 9.59 Å². The molecule has 0 saturated carbocycles. The lowest BCUT2D eigenvalue weighted by Gasteiger charge is -2.07. The second-order valence-electron chi connectivity index (χ2n) is 6.78. The number of esters is 1. The van der Waals surface area contributed by atoms with Gasteiger partial charge in [-0.25, -0.2) is 0 Å². The lowest BCUT2D eigenvalue weighted by atomic mass is 10.0. The molecule has 2 N–H and O–H groups in total. The highest BCUT2D eigenvalue weighted by molar-refractivity contribution is 5.69. The highest BCUT2D eigenvalue weighted by atomic mass is 16.5. The number of hydrogen-bond donors (Lipinski definition) is 2. The fraction of sp³-hybridized carbons (Fsp3) is 0.895. The number of nitrogens with one attached hydrogen (secondary N) is 1. The molecule has 25 heavy (non-hydrogen) atoms. The Kier molecular flexibility index (Phi) is 16.9. The molecule has 0 rings (SSSR count). The summed E-state index contributed by atoms with van der Waals surface area (Å²) < 4.78 is 10.6. The molecule has 0 aromatic carbocycles. The molecular weight excluding hydrogens is 322 g/mol. The number of hydrogen-bond acceptors (Lipinski definition) is 5. The summed E-state index contributed by atoms with van der Waals surface area (Å²) in [6.45, 7) is 7.13. The first-order valence-electron chi connectivity index (χ1n) is 9.68. The van der Waals surface area contributed by atoms with Crippen LogP contribution in [-0.4, -0.2) is 50.0 Å². The molecule has 0 spiro atoms. The minimum absolute atomic E-state index is 0.0599. The largest absolute Gasteiger partial charge is 0.481 e. The molecule has 0 bridgehead atoms. The maximum atomic E-state index is 11.4. The van der Waals surface area contributed by atoms with Crippen molar-refractivity contribution in [2.24, 2.45) is 5.92 Å². The zero-order chi connectivity index (χ0) is 18.8. The molecule has 0 heterocycles. The highest BCUT2D eigenvalue weighted by Crippen LogP contribution is 2.10. The van der Waals surface area contributed by atoms with Gasteiger partial charge in [-0.2, -0.15) is 0 Å². The Balaban J connectivity index is 3.17. The number of carbonyl (C=O) groups excluding carboxylic acids is 1. The topological polar surface area (TPSA) is 84.9 Å². The molecule has 0 aromatic rings. The maximum Gasteiger partial charge on any atom is 0.307 e. The van der Waals surface area contributed by atoms with Gasteiger partial charge in [-0.1, -0.05) is 46.0 Å². The number of aliphatic carboxylic acids is 1. The highest BCUT2D eigenvalue weighted by Gasteiger charge is 2.03. The van der Waals surface area contributed by atoms with Crippen molar-refractivity contribution in [3.05, 3.63) is 0 Å². The van der Waals surface area contributed by atoms with E-state index in [0.29, 0.717) is 32.7 Å². The molecule has 148 valence electrons. The van der Waals surface area contributed by atoms with Crippen LogP contribution in [-0.2, 0) is 19.1 Å². The standard InChI is InChI=1S/C19H37NO5/c1-17(2)9-6-4-3-5-7-14-24-15-8-16-25-19(23)11-13-20-12-10-18(21)22/h17,20H,3-16H2,1-2H3,(H,21,22). The minimum Gasteiger partial charge on any atom is -0.481 e. The third-order valence-corrected chi connectivity index (χ3v) is 3.79.